The van der Waals surface area contributed by atoms with Gasteiger partial charge in [0, 0.05) is 5.92 Å². The van der Waals surface area contributed by atoms with E-state index in [1.54, 1.807) is 0 Å². The molecule has 4 nitrogen and oxygen atoms in total. The largest absolute Gasteiger partial charge is 0.492 e. The highest BCUT2D eigenvalue weighted by molar-refractivity contribution is 9.10. The first-order valence-corrected chi connectivity index (χ1v) is 5.96. The molecule has 0 aromatic carbocycles. The molecular formula is C10H13BrN2O2. The topological polar surface area (TPSA) is 66.0 Å². The summed E-state index contributed by atoms with van der Waals surface area (Å²) < 4.78 is 0.113. The molecule has 5 heteroatoms. The van der Waals surface area contributed by atoms with Crippen LogP contribution in [0.2, 0.25) is 0 Å². The van der Waals surface area contributed by atoms with E-state index in [0.29, 0.717) is 11.7 Å². The van der Waals surface area contributed by atoms with Crippen molar-refractivity contribution in [1.82, 2.24) is 9.97 Å². The molecule has 15 heavy (non-hydrogen) atoms. The molecule has 0 amide bonds. The molecule has 0 aliphatic heterocycles. The third kappa shape index (κ3) is 2.22. The van der Waals surface area contributed by atoms with Crippen molar-refractivity contribution in [3.63, 3.8) is 0 Å². The van der Waals surface area contributed by atoms with E-state index in [9.17, 15) is 9.90 Å². The van der Waals surface area contributed by atoms with E-state index in [-0.39, 0.29) is 15.9 Å². The highest BCUT2D eigenvalue weighted by Gasteiger charge is 2.19. The predicted octanol–water partition coefficient (Wildman–Crippen LogP) is 2.29. The average molecular weight is 273 g/mol. The Morgan fingerprint density at radius 3 is 2.60 bits per heavy atom. The molecule has 1 fully saturated rings. The van der Waals surface area contributed by atoms with E-state index in [1.165, 1.54) is 19.3 Å². The van der Waals surface area contributed by atoms with Gasteiger partial charge in [0.05, 0.1) is 0 Å². The lowest BCUT2D eigenvalue weighted by Crippen LogP contribution is -2.16. The molecule has 0 saturated heterocycles. The van der Waals surface area contributed by atoms with Crippen molar-refractivity contribution in [2.75, 3.05) is 0 Å². The fourth-order valence-corrected chi connectivity index (χ4v) is 2.22. The zero-order chi connectivity index (χ0) is 10.8. The summed E-state index contributed by atoms with van der Waals surface area (Å²) in [5.41, 5.74) is -0.303. The number of nitrogens with zero attached hydrogens (tertiary/aromatic N) is 1. The number of hydrogen-bond donors (Lipinski definition) is 2. The summed E-state index contributed by atoms with van der Waals surface area (Å²) in [6.45, 7) is 0. The molecule has 0 bridgehead atoms. The fourth-order valence-electron chi connectivity index (χ4n) is 2.03. The predicted molar refractivity (Wildman–Crippen MR) is 60.0 cm³/mol. The summed E-state index contributed by atoms with van der Waals surface area (Å²) in [7, 11) is 0. The average Bonchev–Trinajstić information content (AvgIpc) is 2.26. The van der Waals surface area contributed by atoms with Crippen molar-refractivity contribution < 1.29 is 5.11 Å². The molecule has 1 aliphatic carbocycles. The highest BCUT2D eigenvalue weighted by Crippen LogP contribution is 2.31. The van der Waals surface area contributed by atoms with Crippen LogP contribution in [0.25, 0.3) is 0 Å². The number of nitrogens with one attached hydrogen (secondary N) is 1. The third-order valence-electron chi connectivity index (χ3n) is 2.86. The van der Waals surface area contributed by atoms with Crippen LogP contribution in [0.15, 0.2) is 9.27 Å². The fraction of sp³-hybridized carbons (Fsp3) is 0.600. The quantitative estimate of drug-likeness (QED) is 0.825. The van der Waals surface area contributed by atoms with E-state index < -0.39 is 0 Å². The van der Waals surface area contributed by atoms with Gasteiger partial charge in [0.1, 0.15) is 10.3 Å². The second-order valence-corrected chi connectivity index (χ2v) is 4.72. The van der Waals surface area contributed by atoms with Crippen molar-refractivity contribution in [3.8, 4) is 5.88 Å². The van der Waals surface area contributed by atoms with E-state index in [0.717, 1.165) is 12.8 Å². The van der Waals surface area contributed by atoms with Crippen LogP contribution in [0.3, 0.4) is 0 Å². The van der Waals surface area contributed by atoms with Gasteiger partial charge in [0.15, 0.2) is 0 Å². The Kier molecular flexibility index (Phi) is 3.09. The number of aromatic nitrogens is 2. The van der Waals surface area contributed by atoms with Gasteiger partial charge in [-0.1, -0.05) is 19.3 Å². The van der Waals surface area contributed by atoms with Gasteiger partial charge < -0.3 is 10.1 Å². The second-order valence-electron chi connectivity index (χ2n) is 3.92. The maximum absolute atomic E-state index is 11.4. The standard InChI is InChI=1S/C10H13BrN2O2/c11-7-9(14)12-8(13-10(7)15)6-4-2-1-3-5-6/h6H,1-5H2,(H2,12,13,14,15). The monoisotopic (exact) mass is 272 g/mol. The minimum absolute atomic E-state index is 0.113. The first kappa shape index (κ1) is 10.7. The smallest absolute Gasteiger partial charge is 0.269 e. The Labute approximate surface area is 95.9 Å². The molecule has 1 saturated carbocycles. The molecule has 2 N–H and O–H groups in total. The highest BCUT2D eigenvalue weighted by atomic mass is 79.9. The van der Waals surface area contributed by atoms with E-state index in [4.69, 9.17) is 0 Å². The van der Waals surface area contributed by atoms with Gasteiger partial charge in [0.2, 0.25) is 5.88 Å². The first-order chi connectivity index (χ1) is 7.18. The van der Waals surface area contributed by atoms with Crippen molar-refractivity contribution in [1.29, 1.82) is 0 Å². The minimum Gasteiger partial charge on any atom is -0.492 e. The zero-order valence-corrected chi connectivity index (χ0v) is 9.88. The lowest BCUT2D eigenvalue weighted by Gasteiger charge is -2.20. The van der Waals surface area contributed by atoms with Gasteiger partial charge in [-0.15, -0.1) is 0 Å². The van der Waals surface area contributed by atoms with Crippen LogP contribution in [0.4, 0.5) is 0 Å². The van der Waals surface area contributed by atoms with Crippen molar-refractivity contribution in [2.24, 2.45) is 0 Å². The van der Waals surface area contributed by atoms with E-state index in [1.807, 2.05) is 0 Å². The van der Waals surface area contributed by atoms with Crippen LogP contribution in [0.5, 0.6) is 5.88 Å². The summed E-state index contributed by atoms with van der Waals surface area (Å²) in [6.07, 6.45) is 5.69. The molecule has 0 atom stereocenters. The molecule has 82 valence electrons. The first-order valence-electron chi connectivity index (χ1n) is 5.17. The maximum Gasteiger partial charge on any atom is 0.269 e. The van der Waals surface area contributed by atoms with Gasteiger partial charge in [-0.05, 0) is 28.8 Å². The van der Waals surface area contributed by atoms with Crippen molar-refractivity contribution >= 4 is 15.9 Å². The van der Waals surface area contributed by atoms with Crippen LogP contribution in [-0.4, -0.2) is 15.1 Å². The molecule has 2 rings (SSSR count). The maximum atomic E-state index is 11.4. The number of rotatable bonds is 1. The SMILES string of the molecule is O=c1[nH]c(C2CCCCC2)nc(O)c1Br. The van der Waals surface area contributed by atoms with Crippen LogP contribution in [-0.2, 0) is 0 Å². The molecule has 1 aliphatic rings. The Balaban J connectivity index is 2.32. The van der Waals surface area contributed by atoms with Gasteiger partial charge in [-0.3, -0.25) is 4.79 Å². The zero-order valence-electron chi connectivity index (χ0n) is 8.29. The van der Waals surface area contributed by atoms with Crippen LogP contribution in [0, 0.1) is 0 Å². The molecular weight excluding hydrogens is 260 g/mol. The summed E-state index contributed by atoms with van der Waals surface area (Å²) in [5, 5.41) is 9.43. The molecule has 1 aromatic heterocycles. The third-order valence-corrected chi connectivity index (χ3v) is 3.57. The van der Waals surface area contributed by atoms with Crippen molar-refractivity contribution in [2.45, 2.75) is 38.0 Å². The van der Waals surface area contributed by atoms with Gasteiger partial charge in [-0.2, -0.15) is 4.98 Å². The summed E-state index contributed by atoms with van der Waals surface area (Å²) >= 11 is 2.98. The summed E-state index contributed by atoms with van der Waals surface area (Å²) in [6, 6.07) is 0. The molecule has 1 aromatic rings. The van der Waals surface area contributed by atoms with Gasteiger partial charge >= 0.3 is 0 Å². The van der Waals surface area contributed by atoms with E-state index >= 15 is 0 Å². The van der Waals surface area contributed by atoms with E-state index in [2.05, 4.69) is 25.9 Å². The lowest BCUT2D eigenvalue weighted by molar-refractivity contribution is 0.407. The summed E-state index contributed by atoms with van der Waals surface area (Å²) in [4.78, 5) is 18.1. The number of halogens is 1. The Bertz CT molecular complexity index is 410. The van der Waals surface area contributed by atoms with Crippen LogP contribution < -0.4 is 5.56 Å². The minimum atomic E-state index is -0.303. The molecule has 0 spiro atoms. The summed E-state index contributed by atoms with van der Waals surface area (Å²) in [5.74, 6) is 0.713. The normalized spacial score (nSPS) is 17.9. The Hall–Kier alpha value is -0.840. The van der Waals surface area contributed by atoms with Crippen molar-refractivity contribution in [3.05, 3.63) is 20.7 Å². The number of H-pyrrole nitrogens is 1. The Morgan fingerprint density at radius 2 is 2.00 bits per heavy atom. The number of aromatic hydroxyl groups is 1. The van der Waals surface area contributed by atoms with Crippen LogP contribution in [0.1, 0.15) is 43.8 Å². The lowest BCUT2D eigenvalue weighted by atomic mass is 9.89. The number of hydrogen-bond acceptors (Lipinski definition) is 3. The number of aromatic amines is 1. The molecule has 1 heterocycles. The molecule has 0 unspecified atom stereocenters. The Morgan fingerprint density at radius 1 is 1.33 bits per heavy atom. The second kappa shape index (κ2) is 4.35. The molecule has 0 radical (unpaired) electrons. The van der Waals surface area contributed by atoms with Crippen LogP contribution >= 0.6 is 15.9 Å². The van der Waals surface area contributed by atoms with Gasteiger partial charge in [0.25, 0.3) is 5.56 Å². The van der Waals surface area contributed by atoms with Gasteiger partial charge in [-0.25, -0.2) is 0 Å².